The Kier molecular flexibility index (Phi) is 6.33. The Balaban J connectivity index is 1.92. The maximum absolute atomic E-state index is 14.2. The number of hydrogen-bond donors (Lipinski definition) is 3. The summed E-state index contributed by atoms with van der Waals surface area (Å²) in [7, 11) is -3.57. The molecule has 3 N–H and O–H groups in total. The van der Waals surface area contributed by atoms with Gasteiger partial charge in [0.25, 0.3) is 0 Å². The first-order valence-electron chi connectivity index (χ1n) is 9.41. The Morgan fingerprint density at radius 3 is 2.56 bits per heavy atom. The lowest BCUT2D eigenvalue weighted by Crippen LogP contribution is -2.36. The number of benzene rings is 2. The van der Waals surface area contributed by atoms with Crippen LogP contribution in [0.25, 0.3) is 11.3 Å². The van der Waals surface area contributed by atoms with Crippen molar-refractivity contribution in [3.05, 3.63) is 71.7 Å². The molecule has 3 aromatic rings. The monoisotopic (exact) mass is 466 g/mol. The average molecular weight is 466 g/mol. The summed E-state index contributed by atoms with van der Waals surface area (Å²) >= 11 is 0. The second-order valence-corrected chi connectivity index (χ2v) is 11.9. The van der Waals surface area contributed by atoms with Crippen LogP contribution in [-0.2, 0) is 15.0 Å². The van der Waals surface area contributed by atoms with E-state index in [2.05, 4.69) is 19.6 Å². The minimum Gasteiger partial charge on any atom is -0.463 e. The lowest BCUT2D eigenvalue weighted by atomic mass is 10.1. The van der Waals surface area contributed by atoms with E-state index in [4.69, 9.17) is 5.11 Å². The van der Waals surface area contributed by atoms with E-state index in [-0.39, 0.29) is 28.7 Å². The predicted molar refractivity (Wildman–Crippen MR) is 118 cm³/mol. The minimum absolute atomic E-state index is 0.0197. The Hall–Kier alpha value is -3.31. The molecule has 0 aliphatic carbocycles. The molecule has 0 atom stereocenters. The van der Waals surface area contributed by atoms with E-state index in [1.165, 1.54) is 6.26 Å². The molecule has 32 heavy (non-hydrogen) atoms. The third kappa shape index (κ3) is 5.48. The largest absolute Gasteiger partial charge is 0.463 e. The Morgan fingerprint density at radius 1 is 1.16 bits per heavy atom. The Labute approximate surface area is 182 Å². The van der Waals surface area contributed by atoms with Gasteiger partial charge in [-0.3, -0.25) is 0 Å². The SMILES string of the molecule is CCS(C)(O)(Cc1cccc(Nc2ncc(F)c(-c3ccc(F)cc3F)n2)c1)=NC(=O)O. The molecule has 0 bridgehead atoms. The number of carbonyl (C=O) groups is 1. The topological polar surface area (TPSA) is 108 Å². The van der Waals surface area contributed by atoms with Crippen LogP contribution in [-0.4, -0.2) is 37.7 Å². The standard InChI is InChI=1S/C21H21F3N4O3S/c1-3-32(2,31,28-21(29)30)12-13-5-4-6-15(9-13)26-20-25-11-18(24)19(27-20)16-8-7-14(22)10-17(16)23/h4-11H,3,12H2,1-2H3,(H,28,31)(H,29,30)(H,25,26,27). The molecule has 1 aromatic heterocycles. The zero-order valence-corrected chi connectivity index (χ0v) is 18.0. The van der Waals surface area contributed by atoms with Crippen molar-refractivity contribution in [2.75, 3.05) is 17.3 Å². The van der Waals surface area contributed by atoms with Crippen LogP contribution in [0.5, 0.6) is 0 Å². The first kappa shape index (κ1) is 23.4. The van der Waals surface area contributed by atoms with Gasteiger partial charge < -0.3 is 15.0 Å². The number of anilines is 2. The Bertz CT molecular complexity index is 1260. The highest BCUT2D eigenvalue weighted by molar-refractivity contribution is 8.16. The second kappa shape index (κ2) is 8.67. The summed E-state index contributed by atoms with van der Waals surface area (Å²) in [6, 6.07) is 9.40. The molecule has 0 fully saturated rings. The van der Waals surface area contributed by atoms with Gasteiger partial charge in [0.15, 0.2) is 5.82 Å². The fourth-order valence-electron chi connectivity index (χ4n) is 3.02. The van der Waals surface area contributed by atoms with Crippen LogP contribution in [0.4, 0.5) is 29.6 Å². The van der Waals surface area contributed by atoms with E-state index in [1.54, 1.807) is 31.2 Å². The summed E-state index contributed by atoms with van der Waals surface area (Å²) in [6.07, 6.45) is 0.872. The highest BCUT2D eigenvalue weighted by atomic mass is 32.3. The summed E-state index contributed by atoms with van der Waals surface area (Å²) in [5, 5.41) is 11.9. The number of nitrogens with zero attached hydrogens (tertiary/aromatic N) is 3. The highest BCUT2D eigenvalue weighted by Gasteiger charge is 2.26. The summed E-state index contributed by atoms with van der Waals surface area (Å²) in [6.45, 7) is 1.67. The van der Waals surface area contributed by atoms with Crippen LogP contribution in [0.15, 0.2) is 53.0 Å². The van der Waals surface area contributed by atoms with E-state index < -0.39 is 32.8 Å². The molecule has 11 heteroatoms. The molecule has 0 radical (unpaired) electrons. The van der Waals surface area contributed by atoms with E-state index in [0.29, 0.717) is 17.3 Å². The van der Waals surface area contributed by atoms with E-state index in [9.17, 15) is 22.5 Å². The fourth-order valence-corrected chi connectivity index (χ4v) is 4.91. The zero-order valence-electron chi connectivity index (χ0n) is 17.2. The Morgan fingerprint density at radius 2 is 1.91 bits per heavy atom. The van der Waals surface area contributed by atoms with Crippen molar-refractivity contribution in [1.29, 1.82) is 0 Å². The highest BCUT2D eigenvalue weighted by Crippen LogP contribution is 2.30. The molecule has 0 aliphatic rings. The van der Waals surface area contributed by atoms with E-state index >= 15 is 0 Å². The molecular formula is C21H21F3N4O3S. The third-order valence-electron chi connectivity index (χ3n) is 4.75. The average Bonchev–Trinajstić information content (AvgIpc) is 2.69. The van der Waals surface area contributed by atoms with Crippen LogP contribution in [0.2, 0.25) is 0 Å². The third-order valence-corrected chi connectivity index (χ3v) is 8.01. The fraction of sp³-hybridized carbons (Fsp3) is 0.190. The van der Waals surface area contributed by atoms with Crippen molar-refractivity contribution in [2.24, 2.45) is 4.36 Å². The summed E-state index contributed by atoms with van der Waals surface area (Å²) in [5.41, 5.74) is 0.528. The molecule has 0 unspecified atom stereocenters. The minimum atomic E-state index is -3.57. The molecule has 0 aliphatic heterocycles. The van der Waals surface area contributed by atoms with Crippen LogP contribution in [0, 0.1) is 17.5 Å². The number of aromatic nitrogens is 2. The van der Waals surface area contributed by atoms with Gasteiger partial charge in [0, 0.05) is 28.8 Å². The zero-order chi connectivity index (χ0) is 23.5. The number of carboxylic acid groups (broad SMARTS) is 1. The molecule has 3 rings (SSSR count). The number of hydrogen-bond acceptors (Lipinski definition) is 4. The lowest BCUT2D eigenvalue weighted by molar-refractivity contribution is 0.206. The maximum atomic E-state index is 14.2. The van der Waals surface area contributed by atoms with Gasteiger partial charge in [-0.05, 0) is 36.1 Å². The normalized spacial score (nSPS) is 12.6. The summed E-state index contributed by atoms with van der Waals surface area (Å²) in [5.74, 6) is -2.50. The van der Waals surface area contributed by atoms with E-state index in [1.807, 2.05) is 0 Å². The lowest BCUT2D eigenvalue weighted by Gasteiger charge is -2.37. The van der Waals surface area contributed by atoms with Crippen LogP contribution < -0.4 is 5.32 Å². The number of amides is 1. The predicted octanol–water partition coefficient (Wildman–Crippen LogP) is 5.48. The van der Waals surface area contributed by atoms with Crippen molar-refractivity contribution < 1.29 is 27.6 Å². The van der Waals surface area contributed by atoms with Crippen LogP contribution >= 0.6 is 0 Å². The molecular weight excluding hydrogens is 445 g/mol. The smallest absolute Gasteiger partial charge is 0.437 e. The van der Waals surface area contributed by atoms with E-state index in [0.717, 1.165) is 18.3 Å². The quantitative estimate of drug-likeness (QED) is 0.444. The first-order chi connectivity index (χ1) is 15.0. The van der Waals surface area contributed by atoms with Crippen molar-refractivity contribution >= 4 is 27.0 Å². The van der Waals surface area contributed by atoms with Crippen LogP contribution in [0.3, 0.4) is 0 Å². The van der Waals surface area contributed by atoms with Crippen molar-refractivity contribution in [3.8, 4) is 11.3 Å². The molecule has 0 saturated carbocycles. The number of nitrogens with one attached hydrogen (secondary N) is 1. The maximum Gasteiger partial charge on any atom is 0.437 e. The van der Waals surface area contributed by atoms with Crippen LogP contribution in [0.1, 0.15) is 12.5 Å². The van der Waals surface area contributed by atoms with Gasteiger partial charge in [-0.1, -0.05) is 28.3 Å². The second-order valence-electron chi connectivity index (χ2n) is 7.39. The molecule has 2 aromatic carbocycles. The molecule has 0 saturated heterocycles. The first-order valence-corrected chi connectivity index (χ1v) is 12.1. The van der Waals surface area contributed by atoms with Crippen molar-refractivity contribution in [2.45, 2.75) is 12.7 Å². The molecule has 1 heterocycles. The summed E-state index contributed by atoms with van der Waals surface area (Å²) in [4.78, 5) is 18.9. The van der Waals surface area contributed by atoms with Gasteiger partial charge in [-0.2, -0.15) is 0 Å². The molecule has 7 nitrogen and oxygen atoms in total. The summed E-state index contributed by atoms with van der Waals surface area (Å²) < 4.78 is 56.0. The van der Waals surface area contributed by atoms with Crippen molar-refractivity contribution in [1.82, 2.24) is 9.97 Å². The molecule has 170 valence electrons. The molecule has 0 spiro atoms. The van der Waals surface area contributed by atoms with Gasteiger partial charge in [0.1, 0.15) is 17.3 Å². The number of rotatable bonds is 6. The molecule has 1 amide bonds. The van der Waals surface area contributed by atoms with Crippen molar-refractivity contribution in [3.63, 3.8) is 0 Å². The van der Waals surface area contributed by atoms with Gasteiger partial charge in [-0.15, -0.1) is 4.36 Å². The number of halogens is 3. The van der Waals surface area contributed by atoms with Gasteiger partial charge in [0.2, 0.25) is 5.95 Å². The van der Waals surface area contributed by atoms with Gasteiger partial charge in [-0.25, -0.2) is 27.9 Å². The van der Waals surface area contributed by atoms with Gasteiger partial charge >= 0.3 is 6.09 Å². The van der Waals surface area contributed by atoms with Gasteiger partial charge in [0.05, 0.1) is 6.20 Å².